The molecule has 4 heteroatoms. The van der Waals surface area contributed by atoms with Crippen molar-refractivity contribution >= 4 is 0 Å². The van der Waals surface area contributed by atoms with Gasteiger partial charge in [0.2, 0.25) is 0 Å². The minimum absolute atomic E-state index is 0.242. The first-order chi connectivity index (χ1) is 10.8. The lowest BCUT2D eigenvalue weighted by Crippen LogP contribution is -2.44. The topological polar surface area (TPSA) is 35.9 Å². The summed E-state index contributed by atoms with van der Waals surface area (Å²) < 4.78 is 5.35. The fraction of sp³-hybridized carbons (Fsp3) is 0.667. The molecule has 1 N–H and O–H groups in total. The third-order valence-corrected chi connectivity index (χ3v) is 4.78. The molecule has 0 radical (unpaired) electrons. The van der Waals surface area contributed by atoms with Crippen molar-refractivity contribution < 1.29 is 9.84 Å². The lowest BCUT2D eigenvalue weighted by molar-refractivity contribution is 0.00833. The lowest BCUT2D eigenvalue weighted by Gasteiger charge is -2.30. The molecular formula is C18H28N2O2. The van der Waals surface area contributed by atoms with Crippen molar-refractivity contribution in [1.82, 2.24) is 9.80 Å². The van der Waals surface area contributed by atoms with Gasteiger partial charge in [-0.1, -0.05) is 30.3 Å². The number of benzene rings is 1. The predicted molar refractivity (Wildman–Crippen MR) is 88.0 cm³/mol. The minimum Gasteiger partial charge on any atom is -0.390 e. The van der Waals surface area contributed by atoms with E-state index >= 15 is 0 Å². The highest BCUT2D eigenvalue weighted by Gasteiger charge is 2.25. The first-order valence-electron chi connectivity index (χ1n) is 8.54. The first kappa shape index (κ1) is 15.9. The van der Waals surface area contributed by atoms with Crippen molar-refractivity contribution in [1.29, 1.82) is 0 Å². The Morgan fingerprint density at radius 1 is 1.05 bits per heavy atom. The van der Waals surface area contributed by atoms with E-state index in [-0.39, 0.29) is 6.10 Å². The number of ether oxygens (including phenoxy) is 1. The highest BCUT2D eigenvalue weighted by Crippen LogP contribution is 2.21. The van der Waals surface area contributed by atoms with Gasteiger partial charge >= 0.3 is 0 Å². The van der Waals surface area contributed by atoms with E-state index in [9.17, 15) is 5.11 Å². The Morgan fingerprint density at radius 2 is 1.77 bits per heavy atom. The standard InChI is InChI=1S/C18H28N2O2/c21-18(14-19-8-10-22-11-9-19)15-20-7-6-17(13-20)12-16-4-2-1-3-5-16/h1-5,17-18,21H,6-15H2. The zero-order valence-electron chi connectivity index (χ0n) is 13.4. The summed E-state index contributed by atoms with van der Waals surface area (Å²) in [6, 6.07) is 10.8. The Balaban J connectivity index is 1.38. The molecule has 2 aliphatic heterocycles. The summed E-state index contributed by atoms with van der Waals surface area (Å²) in [5, 5.41) is 10.3. The number of morpholine rings is 1. The van der Waals surface area contributed by atoms with Crippen LogP contribution in [0.5, 0.6) is 0 Å². The summed E-state index contributed by atoms with van der Waals surface area (Å²) in [6.07, 6.45) is 2.17. The summed E-state index contributed by atoms with van der Waals surface area (Å²) in [4.78, 5) is 4.74. The number of β-amino-alcohol motifs (C(OH)–C–C–N with tert-alkyl or cyclic N) is 1. The predicted octanol–water partition coefficient (Wildman–Crippen LogP) is 1.24. The van der Waals surface area contributed by atoms with Crippen molar-refractivity contribution in [2.75, 3.05) is 52.5 Å². The second kappa shape index (κ2) is 8.06. The van der Waals surface area contributed by atoms with Crippen molar-refractivity contribution in [2.24, 2.45) is 5.92 Å². The quantitative estimate of drug-likeness (QED) is 0.858. The van der Waals surface area contributed by atoms with Crippen molar-refractivity contribution in [3.05, 3.63) is 35.9 Å². The first-order valence-corrected chi connectivity index (χ1v) is 8.54. The molecule has 1 aromatic rings. The van der Waals surface area contributed by atoms with E-state index in [1.54, 1.807) is 0 Å². The van der Waals surface area contributed by atoms with Crippen LogP contribution >= 0.6 is 0 Å². The molecule has 4 nitrogen and oxygen atoms in total. The minimum atomic E-state index is -0.242. The van der Waals surface area contributed by atoms with Crippen LogP contribution in [0.25, 0.3) is 0 Å². The van der Waals surface area contributed by atoms with Crippen molar-refractivity contribution in [2.45, 2.75) is 18.9 Å². The van der Waals surface area contributed by atoms with Gasteiger partial charge in [-0.25, -0.2) is 0 Å². The van der Waals surface area contributed by atoms with Crippen LogP contribution in [-0.2, 0) is 11.2 Å². The molecule has 2 fully saturated rings. The number of aliphatic hydroxyl groups excluding tert-OH is 1. The lowest BCUT2D eigenvalue weighted by atomic mass is 9.99. The van der Waals surface area contributed by atoms with Gasteiger partial charge < -0.3 is 14.7 Å². The maximum atomic E-state index is 10.3. The molecule has 2 saturated heterocycles. The monoisotopic (exact) mass is 304 g/mol. The normalized spacial score (nSPS) is 25.4. The fourth-order valence-corrected chi connectivity index (χ4v) is 3.63. The largest absolute Gasteiger partial charge is 0.390 e. The average Bonchev–Trinajstić information content (AvgIpc) is 2.96. The van der Waals surface area contributed by atoms with Gasteiger partial charge in [-0.2, -0.15) is 0 Å². The van der Waals surface area contributed by atoms with Crippen LogP contribution < -0.4 is 0 Å². The second-order valence-electron chi connectivity index (χ2n) is 6.67. The molecule has 22 heavy (non-hydrogen) atoms. The molecule has 2 aliphatic rings. The van der Waals surface area contributed by atoms with Crippen molar-refractivity contribution in [3.8, 4) is 0 Å². The van der Waals surface area contributed by atoms with E-state index in [1.807, 2.05) is 0 Å². The van der Waals surface area contributed by atoms with Crippen LogP contribution in [0.3, 0.4) is 0 Å². The SMILES string of the molecule is OC(CN1CCOCC1)CN1CCC(Cc2ccccc2)C1. The Morgan fingerprint density at radius 3 is 2.55 bits per heavy atom. The molecule has 2 atom stereocenters. The molecule has 0 bridgehead atoms. The van der Waals surface area contributed by atoms with Gasteiger partial charge in [0.15, 0.2) is 0 Å². The summed E-state index contributed by atoms with van der Waals surface area (Å²) in [7, 11) is 0. The van der Waals surface area contributed by atoms with Crippen LogP contribution in [0.4, 0.5) is 0 Å². The number of nitrogens with zero attached hydrogens (tertiary/aromatic N) is 2. The van der Waals surface area contributed by atoms with Gasteiger partial charge in [-0.05, 0) is 30.9 Å². The van der Waals surface area contributed by atoms with Gasteiger partial charge in [0, 0.05) is 32.7 Å². The molecule has 0 spiro atoms. The Labute approximate surface area is 133 Å². The molecule has 0 aliphatic carbocycles. The van der Waals surface area contributed by atoms with Gasteiger partial charge in [0.1, 0.15) is 0 Å². The van der Waals surface area contributed by atoms with E-state index in [1.165, 1.54) is 12.0 Å². The van der Waals surface area contributed by atoms with E-state index in [2.05, 4.69) is 40.1 Å². The molecule has 2 unspecified atom stereocenters. The number of likely N-dealkylation sites (tertiary alicyclic amines) is 1. The molecule has 0 aromatic heterocycles. The number of aliphatic hydroxyl groups is 1. The number of hydrogen-bond acceptors (Lipinski definition) is 4. The third kappa shape index (κ3) is 4.78. The molecular weight excluding hydrogens is 276 g/mol. The van der Waals surface area contributed by atoms with E-state index in [0.29, 0.717) is 0 Å². The summed E-state index contributed by atoms with van der Waals surface area (Å²) >= 11 is 0. The maximum absolute atomic E-state index is 10.3. The Hall–Kier alpha value is -0.940. The smallest absolute Gasteiger partial charge is 0.0793 e. The Kier molecular flexibility index (Phi) is 5.84. The Bertz CT molecular complexity index is 434. The maximum Gasteiger partial charge on any atom is 0.0793 e. The average molecular weight is 304 g/mol. The van der Waals surface area contributed by atoms with Gasteiger partial charge in [-0.15, -0.1) is 0 Å². The summed E-state index contributed by atoms with van der Waals surface area (Å²) in [6.45, 7) is 7.34. The second-order valence-corrected chi connectivity index (χ2v) is 6.67. The molecule has 3 rings (SSSR count). The van der Waals surface area contributed by atoms with Crippen LogP contribution in [0, 0.1) is 5.92 Å². The number of hydrogen-bond donors (Lipinski definition) is 1. The van der Waals surface area contributed by atoms with E-state index < -0.39 is 0 Å². The van der Waals surface area contributed by atoms with E-state index in [0.717, 1.165) is 64.8 Å². The molecule has 0 saturated carbocycles. The number of rotatable bonds is 6. The summed E-state index contributed by atoms with van der Waals surface area (Å²) in [5.74, 6) is 0.734. The van der Waals surface area contributed by atoms with Crippen LogP contribution in [0.2, 0.25) is 0 Å². The van der Waals surface area contributed by atoms with Crippen LogP contribution in [-0.4, -0.2) is 73.5 Å². The zero-order chi connectivity index (χ0) is 15.2. The summed E-state index contributed by atoms with van der Waals surface area (Å²) in [5.41, 5.74) is 1.43. The van der Waals surface area contributed by atoms with Crippen molar-refractivity contribution in [3.63, 3.8) is 0 Å². The highest BCUT2D eigenvalue weighted by atomic mass is 16.5. The molecule has 1 aromatic carbocycles. The van der Waals surface area contributed by atoms with Crippen LogP contribution in [0.15, 0.2) is 30.3 Å². The molecule has 122 valence electrons. The van der Waals surface area contributed by atoms with Gasteiger partial charge in [0.05, 0.1) is 19.3 Å². The fourth-order valence-electron chi connectivity index (χ4n) is 3.63. The van der Waals surface area contributed by atoms with Gasteiger partial charge in [-0.3, -0.25) is 4.90 Å². The molecule has 2 heterocycles. The van der Waals surface area contributed by atoms with E-state index in [4.69, 9.17) is 4.74 Å². The highest BCUT2D eigenvalue weighted by molar-refractivity contribution is 5.15. The third-order valence-electron chi connectivity index (χ3n) is 4.78. The van der Waals surface area contributed by atoms with Gasteiger partial charge in [0.25, 0.3) is 0 Å². The molecule has 0 amide bonds. The zero-order valence-corrected chi connectivity index (χ0v) is 13.4. The van der Waals surface area contributed by atoms with Crippen LogP contribution in [0.1, 0.15) is 12.0 Å².